The summed E-state index contributed by atoms with van der Waals surface area (Å²) in [4.78, 5) is 2.38. The number of hydrogen-bond donors (Lipinski definition) is 1. The van der Waals surface area contributed by atoms with Crippen LogP contribution >= 0.6 is 0 Å². The summed E-state index contributed by atoms with van der Waals surface area (Å²) in [6.07, 6.45) is 0.507. The van der Waals surface area contributed by atoms with Gasteiger partial charge in [0.25, 0.3) is 0 Å². The number of rotatable bonds is 2. The van der Waals surface area contributed by atoms with E-state index < -0.39 is 0 Å². The summed E-state index contributed by atoms with van der Waals surface area (Å²) < 4.78 is 5.75. The van der Waals surface area contributed by atoms with Crippen LogP contribution in [0, 0.1) is 6.92 Å². The second kappa shape index (κ2) is 5.29. The van der Waals surface area contributed by atoms with E-state index in [1.54, 1.807) is 0 Å². The number of aryl methyl sites for hydroxylation is 1. The van der Waals surface area contributed by atoms with Crippen molar-refractivity contribution < 1.29 is 9.84 Å². The quantitative estimate of drug-likeness (QED) is 0.875. The summed E-state index contributed by atoms with van der Waals surface area (Å²) in [5.74, 6) is 0.397. The minimum Gasteiger partial charge on any atom is -0.508 e. The standard InChI is InChI=1S/C15H23NO2/c1-10-5-6-14(15(17)7-10)13(4)16-8-11(2)18-12(3)9-16/h5-7,11-13,17H,8-9H2,1-4H3. The molecule has 1 fully saturated rings. The molecule has 0 bridgehead atoms. The zero-order valence-electron chi connectivity index (χ0n) is 11.7. The molecule has 0 spiro atoms. The van der Waals surface area contributed by atoms with Gasteiger partial charge in [-0.1, -0.05) is 12.1 Å². The molecule has 3 nitrogen and oxygen atoms in total. The number of morpholine rings is 1. The number of hydrogen-bond acceptors (Lipinski definition) is 3. The SMILES string of the molecule is Cc1ccc(C(C)N2CC(C)OC(C)C2)c(O)c1. The van der Waals surface area contributed by atoms with Crippen molar-refractivity contribution in [3.63, 3.8) is 0 Å². The van der Waals surface area contributed by atoms with E-state index in [0.29, 0.717) is 5.75 Å². The van der Waals surface area contributed by atoms with E-state index in [9.17, 15) is 5.11 Å². The van der Waals surface area contributed by atoms with E-state index in [2.05, 4.69) is 31.7 Å². The van der Waals surface area contributed by atoms with Gasteiger partial charge in [0.2, 0.25) is 0 Å². The van der Waals surface area contributed by atoms with Crippen LogP contribution in [0.3, 0.4) is 0 Å². The zero-order chi connectivity index (χ0) is 13.3. The molecular weight excluding hydrogens is 226 g/mol. The lowest BCUT2D eigenvalue weighted by Gasteiger charge is -2.39. The number of aromatic hydroxyl groups is 1. The third kappa shape index (κ3) is 2.85. The molecule has 1 N–H and O–H groups in total. The Balaban J connectivity index is 2.17. The highest BCUT2D eigenvalue weighted by atomic mass is 16.5. The maximum absolute atomic E-state index is 10.1. The van der Waals surface area contributed by atoms with Crippen molar-refractivity contribution in [1.29, 1.82) is 0 Å². The normalized spacial score (nSPS) is 27.1. The van der Waals surface area contributed by atoms with Crippen molar-refractivity contribution in [3.8, 4) is 5.75 Å². The lowest BCUT2D eigenvalue weighted by atomic mass is 10.0. The highest BCUT2D eigenvalue weighted by Crippen LogP contribution is 2.30. The van der Waals surface area contributed by atoms with E-state index >= 15 is 0 Å². The molecule has 1 saturated heterocycles. The first-order chi connectivity index (χ1) is 8.47. The molecule has 1 aromatic rings. The monoisotopic (exact) mass is 249 g/mol. The highest BCUT2D eigenvalue weighted by Gasteiger charge is 2.27. The molecule has 1 aliphatic heterocycles. The molecule has 1 heterocycles. The minimum atomic E-state index is 0.222. The lowest BCUT2D eigenvalue weighted by molar-refractivity contribution is -0.0791. The van der Waals surface area contributed by atoms with Crippen molar-refractivity contribution in [2.45, 2.75) is 45.9 Å². The van der Waals surface area contributed by atoms with Crippen LogP contribution in [0.4, 0.5) is 0 Å². The van der Waals surface area contributed by atoms with E-state index in [0.717, 1.165) is 24.2 Å². The Kier molecular flexibility index (Phi) is 3.93. The van der Waals surface area contributed by atoms with Crippen molar-refractivity contribution in [3.05, 3.63) is 29.3 Å². The van der Waals surface area contributed by atoms with Gasteiger partial charge < -0.3 is 9.84 Å². The Hall–Kier alpha value is -1.06. The molecule has 3 atom stereocenters. The summed E-state index contributed by atoms with van der Waals surface area (Å²) in [5.41, 5.74) is 2.09. The summed E-state index contributed by atoms with van der Waals surface area (Å²) in [6.45, 7) is 10.2. The largest absolute Gasteiger partial charge is 0.508 e. The molecule has 2 rings (SSSR count). The van der Waals surface area contributed by atoms with Crippen LogP contribution in [0.25, 0.3) is 0 Å². The van der Waals surface area contributed by atoms with Crippen LogP contribution in [-0.2, 0) is 4.74 Å². The first-order valence-corrected chi connectivity index (χ1v) is 6.66. The Morgan fingerprint density at radius 3 is 2.44 bits per heavy atom. The van der Waals surface area contributed by atoms with Gasteiger partial charge >= 0.3 is 0 Å². The van der Waals surface area contributed by atoms with E-state index in [1.807, 2.05) is 19.1 Å². The first kappa shape index (κ1) is 13.4. The van der Waals surface area contributed by atoms with Crippen LogP contribution < -0.4 is 0 Å². The molecule has 0 aromatic heterocycles. The second-order valence-electron chi connectivity index (χ2n) is 5.45. The zero-order valence-corrected chi connectivity index (χ0v) is 11.7. The molecule has 0 aliphatic carbocycles. The summed E-state index contributed by atoms with van der Waals surface area (Å²) in [5, 5.41) is 10.1. The second-order valence-corrected chi connectivity index (χ2v) is 5.45. The number of benzene rings is 1. The summed E-state index contributed by atoms with van der Waals surface area (Å²) >= 11 is 0. The Labute approximate surface area is 109 Å². The molecule has 100 valence electrons. The van der Waals surface area contributed by atoms with Crippen molar-refractivity contribution >= 4 is 0 Å². The Morgan fingerprint density at radius 2 is 1.89 bits per heavy atom. The van der Waals surface area contributed by atoms with Crippen LogP contribution in [-0.4, -0.2) is 35.3 Å². The van der Waals surface area contributed by atoms with E-state index in [1.165, 1.54) is 0 Å². The highest BCUT2D eigenvalue weighted by molar-refractivity contribution is 5.37. The number of ether oxygens (including phenoxy) is 1. The van der Waals surface area contributed by atoms with Crippen molar-refractivity contribution in [1.82, 2.24) is 4.90 Å². The fourth-order valence-corrected chi connectivity index (χ4v) is 2.74. The van der Waals surface area contributed by atoms with E-state index in [4.69, 9.17) is 4.74 Å². The maximum atomic E-state index is 10.1. The van der Waals surface area contributed by atoms with Crippen LogP contribution in [0.15, 0.2) is 18.2 Å². The summed E-state index contributed by atoms with van der Waals surface area (Å²) in [6, 6.07) is 6.14. The van der Waals surface area contributed by atoms with Crippen LogP contribution in [0.2, 0.25) is 0 Å². The topological polar surface area (TPSA) is 32.7 Å². The smallest absolute Gasteiger partial charge is 0.120 e. The molecular formula is C15H23NO2. The third-order valence-electron chi connectivity index (χ3n) is 3.63. The first-order valence-electron chi connectivity index (χ1n) is 6.66. The van der Waals surface area contributed by atoms with Crippen molar-refractivity contribution in [2.24, 2.45) is 0 Å². The predicted octanol–water partition coefficient (Wildman–Crippen LogP) is 2.87. The van der Waals surface area contributed by atoms with Crippen LogP contribution in [0.5, 0.6) is 5.75 Å². The minimum absolute atomic E-state index is 0.222. The lowest BCUT2D eigenvalue weighted by Crippen LogP contribution is -2.46. The van der Waals surface area contributed by atoms with Gasteiger partial charge in [-0.25, -0.2) is 0 Å². The maximum Gasteiger partial charge on any atom is 0.120 e. The Morgan fingerprint density at radius 1 is 1.28 bits per heavy atom. The number of phenols is 1. The summed E-state index contributed by atoms with van der Waals surface area (Å²) in [7, 11) is 0. The average Bonchev–Trinajstić information content (AvgIpc) is 2.26. The number of nitrogens with zero attached hydrogens (tertiary/aromatic N) is 1. The Bertz CT molecular complexity index is 409. The van der Waals surface area contributed by atoms with Gasteiger partial charge in [0.05, 0.1) is 12.2 Å². The molecule has 0 saturated carbocycles. The molecule has 3 unspecified atom stereocenters. The fraction of sp³-hybridized carbons (Fsp3) is 0.600. The van der Waals surface area contributed by atoms with Gasteiger partial charge in [0, 0.05) is 24.7 Å². The fourth-order valence-electron chi connectivity index (χ4n) is 2.74. The van der Waals surface area contributed by atoms with E-state index in [-0.39, 0.29) is 18.2 Å². The average molecular weight is 249 g/mol. The van der Waals surface area contributed by atoms with Gasteiger partial charge in [0.15, 0.2) is 0 Å². The predicted molar refractivity (Wildman–Crippen MR) is 72.8 cm³/mol. The van der Waals surface area contributed by atoms with Gasteiger partial charge in [-0.2, -0.15) is 0 Å². The molecule has 0 radical (unpaired) electrons. The van der Waals surface area contributed by atoms with Gasteiger partial charge in [0.1, 0.15) is 5.75 Å². The van der Waals surface area contributed by atoms with Gasteiger partial charge in [-0.15, -0.1) is 0 Å². The molecule has 18 heavy (non-hydrogen) atoms. The third-order valence-corrected chi connectivity index (χ3v) is 3.63. The number of phenolic OH excluding ortho intramolecular Hbond substituents is 1. The van der Waals surface area contributed by atoms with Gasteiger partial charge in [-0.05, 0) is 39.3 Å². The van der Waals surface area contributed by atoms with Crippen molar-refractivity contribution in [2.75, 3.05) is 13.1 Å². The molecule has 0 amide bonds. The molecule has 1 aliphatic rings. The molecule has 1 aromatic carbocycles. The van der Waals surface area contributed by atoms with Crippen LogP contribution in [0.1, 0.15) is 37.9 Å². The molecule has 3 heteroatoms. The van der Waals surface area contributed by atoms with Gasteiger partial charge in [-0.3, -0.25) is 4.90 Å².